The van der Waals surface area contributed by atoms with Crippen LogP contribution in [0.5, 0.6) is 0 Å². The summed E-state index contributed by atoms with van der Waals surface area (Å²) < 4.78 is 0. The maximum atomic E-state index is 2.45. The smallest absolute Gasteiger partial charge is 0.0305 e. The molecule has 6 fully saturated rings. The molecule has 77 heavy (non-hydrogen) atoms. The molecule has 6 unspecified atom stereocenters. The Bertz CT molecular complexity index is 2720. The van der Waals surface area contributed by atoms with E-state index in [0.29, 0.717) is 28.1 Å². The fourth-order valence-electron chi connectivity index (χ4n) is 19.6. The van der Waals surface area contributed by atoms with E-state index in [1.165, 1.54) is 125 Å². The molecule has 412 valence electrons. The average molecular weight is 1030 g/mol. The number of hydrogen-bond acceptors (Lipinski definition) is 0. The summed E-state index contributed by atoms with van der Waals surface area (Å²) in [5.41, 5.74) is 31.2. The summed E-state index contributed by atoms with van der Waals surface area (Å²) in [5, 5.41) is 0. The van der Waals surface area contributed by atoms with Gasteiger partial charge >= 0.3 is 0 Å². The molecule has 0 radical (unpaired) electrons. The van der Waals surface area contributed by atoms with Crippen molar-refractivity contribution in [2.75, 3.05) is 0 Å². The summed E-state index contributed by atoms with van der Waals surface area (Å²) in [6.07, 6.45) is 26.3. The molecule has 0 heteroatoms. The van der Waals surface area contributed by atoms with Gasteiger partial charge in [0, 0.05) is 23.7 Å². The monoisotopic (exact) mass is 1030 g/mol. The molecule has 14 bridgehead atoms. The van der Waals surface area contributed by atoms with E-state index in [-0.39, 0.29) is 0 Å². The molecule has 20 aliphatic rings. The summed E-state index contributed by atoms with van der Waals surface area (Å²) in [5.74, 6) is 9.54. The van der Waals surface area contributed by atoms with E-state index in [0.717, 1.165) is 53.3 Å². The second-order valence-electron chi connectivity index (χ2n) is 29.2. The van der Waals surface area contributed by atoms with Crippen LogP contribution in [0.2, 0.25) is 0 Å². The summed E-state index contributed by atoms with van der Waals surface area (Å²) >= 11 is 0. The quantitative estimate of drug-likeness (QED) is 0.197. The summed E-state index contributed by atoms with van der Waals surface area (Å²) in [7, 11) is 0. The van der Waals surface area contributed by atoms with Crippen LogP contribution < -0.4 is 0 Å². The Kier molecular flexibility index (Phi) is 15.2. The highest BCUT2D eigenvalue weighted by atomic mass is 14.5. The minimum atomic E-state index is 0.488. The molecule has 20 aliphatic carbocycles. The van der Waals surface area contributed by atoms with Crippen LogP contribution >= 0.6 is 0 Å². The van der Waals surface area contributed by atoms with Gasteiger partial charge in [-0.15, -0.1) is 0 Å². The van der Waals surface area contributed by atoms with Crippen molar-refractivity contribution in [3.63, 3.8) is 0 Å². The number of allylic oxidation sites excluding steroid dienone is 12. The predicted molar refractivity (Wildman–Crippen MR) is 331 cm³/mol. The van der Waals surface area contributed by atoms with Gasteiger partial charge in [-0.25, -0.2) is 0 Å². The van der Waals surface area contributed by atoms with Crippen molar-refractivity contribution >= 4 is 0 Å². The molecule has 0 aromatic heterocycles. The topological polar surface area (TPSA) is 0 Å². The van der Waals surface area contributed by atoms with Gasteiger partial charge in [0.15, 0.2) is 0 Å². The van der Waals surface area contributed by atoms with Gasteiger partial charge in [-0.05, 0) is 290 Å². The first-order valence-electron chi connectivity index (χ1n) is 32.1. The van der Waals surface area contributed by atoms with E-state index >= 15 is 0 Å². The lowest BCUT2D eigenvalue weighted by atomic mass is 9.52. The van der Waals surface area contributed by atoms with E-state index in [1.807, 2.05) is 0 Å². The lowest BCUT2D eigenvalue weighted by Crippen LogP contribution is -2.43. The lowest BCUT2D eigenvalue weighted by Gasteiger charge is -2.53. The van der Waals surface area contributed by atoms with Gasteiger partial charge in [-0.1, -0.05) is 160 Å². The third kappa shape index (κ3) is 9.50. The van der Waals surface area contributed by atoms with Crippen molar-refractivity contribution in [1.29, 1.82) is 0 Å². The Morgan fingerprint density at radius 3 is 0.896 bits per heavy atom. The van der Waals surface area contributed by atoms with Gasteiger partial charge in [0.25, 0.3) is 0 Å². The SMILES string of the molecule is CC1=C(C)C2(C)CCC1(C)CC2.CC1=C(C)C2(C)CCC1CC2.CC1=C(C)C2CC3CCC2CC13.CC1=C(C)C2CCC1CC2.CC1=C(C)C2CCC1c1ccccc12.CC1=C(C)C2c3ccccc3C1c1ccccc12. The number of benzene rings is 3. The Hall–Kier alpha value is -3.90. The molecule has 0 amide bonds. The Balaban J connectivity index is 0.0000000994. The molecule has 6 atom stereocenters. The molecular formula is C77H104. The molecule has 3 aromatic carbocycles. The highest BCUT2D eigenvalue weighted by Gasteiger charge is 2.48. The summed E-state index contributed by atoms with van der Waals surface area (Å²) in [4.78, 5) is 0. The standard InChI is InChI=1S/C18H16.C14H16.C12H18.C12H20.C11H18.C10H16/c1-11-12(2)18-15-9-5-3-7-13(15)17(11)14-8-4-6-10-16(14)18;1-9-10(2)12-8-7-11(9)13-5-3-4-6-14(12)13;1-7-8(2)12-6-9-3-4-10(12)5-11(7)9;1-9-10(2)12(4)7-5-11(9,3)6-8-12;1-8-9(2)11(3)6-4-10(8)5-7-11;1-7-8(2)10-5-3-9(7)4-6-10/h3-10,17-18H,1-2H3;3-6,11-12H,7-8H2,1-2H3;9-12H,3-6H2,1-2H3;5-8H2,1-4H3;10H,4-7H2,1-3H3;9-10H,3-6H2,1-2H3. The molecule has 0 N–H and O–H groups in total. The van der Waals surface area contributed by atoms with E-state index in [1.54, 1.807) is 90.8 Å². The predicted octanol–water partition coefficient (Wildman–Crippen LogP) is 22.6. The van der Waals surface area contributed by atoms with Crippen LogP contribution in [-0.4, -0.2) is 0 Å². The summed E-state index contributed by atoms with van der Waals surface area (Å²) in [6, 6.07) is 26.9. The van der Waals surface area contributed by atoms with Gasteiger partial charge < -0.3 is 0 Å². The fraction of sp³-hybridized carbons (Fsp3) is 0.610. The van der Waals surface area contributed by atoms with E-state index in [2.05, 4.69) is 177 Å². The zero-order valence-corrected chi connectivity index (χ0v) is 51.5. The minimum Gasteiger partial charge on any atom is -0.0710 e. The van der Waals surface area contributed by atoms with Gasteiger partial charge in [0.1, 0.15) is 0 Å². The Labute approximate surface area is 471 Å². The highest BCUT2D eigenvalue weighted by molar-refractivity contribution is 5.64. The van der Waals surface area contributed by atoms with Gasteiger partial charge in [0.05, 0.1) is 0 Å². The first kappa shape index (κ1) is 55.0. The van der Waals surface area contributed by atoms with Crippen LogP contribution in [0.25, 0.3) is 0 Å². The number of hydrogen-bond donors (Lipinski definition) is 0. The van der Waals surface area contributed by atoms with Crippen molar-refractivity contribution in [2.24, 2.45) is 57.7 Å². The van der Waals surface area contributed by atoms with E-state index in [9.17, 15) is 0 Å². The van der Waals surface area contributed by atoms with Crippen molar-refractivity contribution in [2.45, 2.75) is 243 Å². The van der Waals surface area contributed by atoms with Gasteiger partial charge in [-0.2, -0.15) is 0 Å². The minimum absolute atomic E-state index is 0.488. The highest BCUT2D eigenvalue weighted by Crippen LogP contribution is 2.61. The molecule has 0 saturated heterocycles. The molecule has 0 spiro atoms. The number of rotatable bonds is 0. The molecule has 0 nitrogen and oxygen atoms in total. The summed E-state index contributed by atoms with van der Waals surface area (Å²) in [6.45, 7) is 35.4. The van der Waals surface area contributed by atoms with Crippen LogP contribution in [0, 0.1) is 57.7 Å². The zero-order chi connectivity index (χ0) is 54.5. The Morgan fingerprint density at radius 2 is 0.597 bits per heavy atom. The average Bonchev–Trinajstić information content (AvgIpc) is 3.53. The zero-order valence-electron chi connectivity index (χ0n) is 51.5. The molecule has 3 aromatic rings. The number of fused-ring (bicyclic) bond motifs is 8. The second kappa shape index (κ2) is 21.2. The van der Waals surface area contributed by atoms with Crippen molar-refractivity contribution in [1.82, 2.24) is 0 Å². The van der Waals surface area contributed by atoms with Gasteiger partial charge in [-0.3, -0.25) is 0 Å². The molecular weight excluding hydrogens is 925 g/mol. The third-order valence-corrected chi connectivity index (χ3v) is 26.4. The van der Waals surface area contributed by atoms with Crippen molar-refractivity contribution < 1.29 is 0 Å². The second-order valence-corrected chi connectivity index (χ2v) is 29.2. The lowest BCUT2D eigenvalue weighted by molar-refractivity contribution is 0.0542. The molecule has 23 rings (SSSR count). The van der Waals surface area contributed by atoms with Crippen molar-refractivity contribution in [3.8, 4) is 0 Å². The van der Waals surface area contributed by atoms with E-state index in [4.69, 9.17) is 0 Å². The Morgan fingerprint density at radius 1 is 0.286 bits per heavy atom. The van der Waals surface area contributed by atoms with Crippen molar-refractivity contribution in [3.05, 3.63) is 173 Å². The first-order chi connectivity index (χ1) is 36.7. The fourth-order valence-corrected chi connectivity index (χ4v) is 19.6. The third-order valence-electron chi connectivity index (χ3n) is 26.4. The maximum Gasteiger partial charge on any atom is 0.0305 e. The molecule has 6 saturated carbocycles. The first-order valence-corrected chi connectivity index (χ1v) is 32.1. The largest absolute Gasteiger partial charge is 0.0710 e. The van der Waals surface area contributed by atoms with Crippen LogP contribution in [0.3, 0.4) is 0 Å². The van der Waals surface area contributed by atoms with Gasteiger partial charge in [0.2, 0.25) is 0 Å². The molecule has 0 heterocycles. The van der Waals surface area contributed by atoms with Crippen LogP contribution in [0.1, 0.15) is 276 Å². The maximum absolute atomic E-state index is 2.45. The van der Waals surface area contributed by atoms with Crippen LogP contribution in [0.15, 0.2) is 140 Å². The normalized spacial score (nSPS) is 37.4. The molecule has 0 aliphatic heterocycles. The van der Waals surface area contributed by atoms with Crippen LogP contribution in [0.4, 0.5) is 0 Å². The van der Waals surface area contributed by atoms with Crippen LogP contribution in [-0.2, 0) is 0 Å². The van der Waals surface area contributed by atoms with E-state index < -0.39 is 0 Å².